The molecule has 3 nitrogen and oxygen atoms in total. The van der Waals surface area contributed by atoms with E-state index in [1.165, 1.54) is 30.3 Å². The number of allylic oxidation sites excluding steroid dienone is 4. The van der Waals surface area contributed by atoms with Gasteiger partial charge in [0.05, 0.1) is 11.4 Å². The summed E-state index contributed by atoms with van der Waals surface area (Å²) in [6, 6.07) is 9.58. The van der Waals surface area contributed by atoms with E-state index in [-0.39, 0.29) is 61.1 Å². The summed E-state index contributed by atoms with van der Waals surface area (Å²) >= 11 is 0. The lowest BCUT2D eigenvalue weighted by Crippen LogP contribution is -2.66. The number of benzene rings is 5. The molecule has 0 saturated heterocycles. The van der Waals surface area contributed by atoms with Crippen molar-refractivity contribution in [1.29, 1.82) is 0 Å². The van der Waals surface area contributed by atoms with Crippen LogP contribution in [-0.2, 0) is 23.5 Å². The van der Waals surface area contributed by atoms with Gasteiger partial charge in [0.25, 0.3) is 13.4 Å². The molecule has 0 aromatic heterocycles. The Morgan fingerprint density at radius 3 is 1.39 bits per heavy atom. The van der Waals surface area contributed by atoms with E-state index in [2.05, 4.69) is 0 Å². The first-order valence-corrected chi connectivity index (χ1v) is 24.7. The van der Waals surface area contributed by atoms with E-state index >= 15 is 39.9 Å². The molecule has 0 bridgehead atoms. The van der Waals surface area contributed by atoms with Gasteiger partial charge in [0, 0.05) is 35.1 Å². The van der Waals surface area contributed by atoms with Gasteiger partial charge in [-0.15, -0.1) is 0 Å². The molecule has 11 rings (SSSR count). The fraction of sp³-hybridized carbons (Fsp3) is 0.365. The highest BCUT2D eigenvalue weighted by Crippen LogP contribution is 2.54. The minimum absolute atomic E-state index is 0.000737. The number of carbonyl (C=O) groups is 1. The van der Waals surface area contributed by atoms with Crippen LogP contribution in [0.3, 0.4) is 0 Å². The van der Waals surface area contributed by atoms with Crippen LogP contribution in [-0.4, -0.2) is 53.7 Å². The largest absolute Gasteiger partial charge is 0.389 e. The summed E-state index contributed by atoms with van der Waals surface area (Å²) in [4.78, 5) is 18.5. The number of fused-ring (bicyclic) bond motifs is 4. The molecule has 3 aliphatic carbocycles. The number of amides is 2. The van der Waals surface area contributed by atoms with Crippen LogP contribution in [0.25, 0.3) is 10.8 Å². The smallest absolute Gasteiger partial charge is 0.263 e. The normalized spacial score (nSPS) is 20.0. The number of hydrogen-bond donors (Lipinski definition) is 0. The van der Waals surface area contributed by atoms with E-state index in [9.17, 15) is 30.7 Å². The van der Waals surface area contributed by atoms with Crippen LogP contribution < -0.4 is 37.1 Å². The molecule has 1 unspecified atom stereocenters. The topological polar surface area (TPSA) is 23.6 Å². The van der Waals surface area contributed by atoms with Gasteiger partial charge in [0.1, 0.15) is 15.7 Å². The van der Waals surface area contributed by atoms with Crippen molar-refractivity contribution < 1.29 is 70.7 Å². The molecule has 0 radical (unpaired) electrons. The van der Waals surface area contributed by atoms with Gasteiger partial charge in [0.2, 0.25) is 0 Å². The average Bonchev–Trinajstić information content (AvgIpc) is 3.62. The Morgan fingerprint density at radius 2 is 0.973 bits per heavy atom. The van der Waals surface area contributed by atoms with Crippen molar-refractivity contribution in [3.63, 3.8) is 0 Å². The molecule has 0 N–H and O–H groups in total. The van der Waals surface area contributed by atoms with Crippen molar-refractivity contribution in [3.8, 4) is 0 Å². The third-order valence-corrected chi connectivity index (χ3v) is 16.8. The number of nitrogens with zero attached hydrogens (tertiary/aromatic N) is 2. The van der Waals surface area contributed by atoms with E-state index in [0.29, 0.717) is 67.9 Å². The second-order valence-corrected chi connectivity index (χ2v) is 21.3. The molecule has 6 aliphatic rings. The Kier molecular flexibility index (Phi) is 11.9. The lowest BCUT2D eigenvalue weighted by molar-refractivity contribution is -0.134. The standard InChI is InChI=1S/C52H41B4F15N2O/c53-49(13-3-1-4-14-49)26-21-25-22-27(50(54)15-5-2-6-16-50)34-47-32(25)46-33(26)55(35-37(57)41(61)42(62)38(35)58)28-9-7-23(11-17-51(66,67)68)19-30(28)72(46)48(74)73(47)31-20-24(12-18-52(69,70)71)8-10-29(31)56(34)36-39(59)43(63)45(65)44(64)40(36)60/h7-10,19-22,37H,1-6,11-18,53-54H2. The predicted octanol–water partition coefficient (Wildman–Crippen LogP) is 10.5. The first-order chi connectivity index (χ1) is 34.9. The van der Waals surface area contributed by atoms with Crippen molar-refractivity contribution in [2.45, 2.75) is 119 Å². The predicted molar refractivity (Wildman–Crippen MR) is 260 cm³/mol. The van der Waals surface area contributed by atoms with Crippen molar-refractivity contribution in [2.75, 3.05) is 9.80 Å². The summed E-state index contributed by atoms with van der Waals surface area (Å²) in [6.45, 7) is -3.76. The maximum atomic E-state index is 16.8. The van der Waals surface area contributed by atoms with Crippen molar-refractivity contribution >= 4 is 96.0 Å². The van der Waals surface area contributed by atoms with Gasteiger partial charge in [-0.1, -0.05) is 112 Å². The Bertz CT molecular complexity index is 3290. The molecule has 2 fully saturated rings. The van der Waals surface area contributed by atoms with Gasteiger partial charge in [-0.3, -0.25) is 9.80 Å². The molecule has 2 amide bonds. The highest BCUT2D eigenvalue weighted by molar-refractivity contribution is 6.99. The number of aryl methyl sites for hydroxylation is 2. The van der Waals surface area contributed by atoms with Crippen LogP contribution in [0.4, 0.5) is 93.4 Å². The van der Waals surface area contributed by atoms with E-state index in [1.807, 2.05) is 15.7 Å². The maximum Gasteiger partial charge on any atom is 0.389 e. The molecule has 382 valence electrons. The first-order valence-electron chi connectivity index (χ1n) is 24.7. The number of urea groups is 1. The molecule has 2 saturated carbocycles. The van der Waals surface area contributed by atoms with Gasteiger partial charge in [0.15, 0.2) is 52.7 Å². The molecule has 0 spiro atoms. The summed E-state index contributed by atoms with van der Waals surface area (Å²) in [5.74, 6) is -17.6. The van der Waals surface area contributed by atoms with Gasteiger partial charge in [-0.05, 0) is 79.4 Å². The van der Waals surface area contributed by atoms with Gasteiger partial charge < -0.3 is 0 Å². The van der Waals surface area contributed by atoms with Crippen LogP contribution in [0.15, 0.2) is 71.5 Å². The van der Waals surface area contributed by atoms with Gasteiger partial charge >= 0.3 is 18.4 Å². The van der Waals surface area contributed by atoms with E-state index in [0.717, 1.165) is 28.7 Å². The molecule has 3 aliphatic heterocycles. The van der Waals surface area contributed by atoms with Crippen LogP contribution in [0.2, 0.25) is 0 Å². The summed E-state index contributed by atoms with van der Waals surface area (Å²) in [5, 5.41) is -1.52. The minimum Gasteiger partial charge on any atom is -0.263 e. The molecule has 5 aromatic rings. The van der Waals surface area contributed by atoms with Crippen LogP contribution >= 0.6 is 0 Å². The van der Waals surface area contributed by atoms with Gasteiger partial charge in [-0.2, -0.15) is 26.3 Å². The second kappa shape index (κ2) is 17.4. The van der Waals surface area contributed by atoms with E-state index in [1.54, 1.807) is 12.1 Å². The Labute approximate surface area is 417 Å². The number of hydrogen-bond acceptors (Lipinski definition) is 1. The van der Waals surface area contributed by atoms with E-state index < -0.39 is 132 Å². The van der Waals surface area contributed by atoms with Crippen LogP contribution in [0.5, 0.6) is 0 Å². The maximum absolute atomic E-state index is 16.8. The fourth-order valence-corrected chi connectivity index (χ4v) is 13.2. The molecular weight excluding hydrogens is 997 g/mol. The SMILES string of the molecule is BC1(c2cc3cc(C4(B)CCCCC4)c4c5c3c3c2B(C2=C(F)C(F)=C(F)C2F)c2ccc(CCC(F)(F)F)cc2N3C(=O)N5c2cc(CCC(F)(F)F)ccc2B4c2c(F)c(F)c(F)c(F)c2F)CCCCC1. The first kappa shape index (κ1) is 50.5. The van der Waals surface area contributed by atoms with Gasteiger partial charge in [-0.25, -0.2) is 44.3 Å². The zero-order valence-electron chi connectivity index (χ0n) is 39.7. The van der Waals surface area contributed by atoms with Crippen LogP contribution in [0.1, 0.15) is 99.3 Å². The molecule has 3 heterocycles. The number of rotatable bonds is 8. The quantitative estimate of drug-likeness (QED) is 0.0658. The monoisotopic (exact) mass is 1040 g/mol. The highest BCUT2D eigenvalue weighted by Gasteiger charge is 2.56. The van der Waals surface area contributed by atoms with Crippen molar-refractivity contribution in [1.82, 2.24) is 0 Å². The lowest BCUT2D eigenvalue weighted by Gasteiger charge is -2.50. The molecule has 1 atom stereocenters. The Morgan fingerprint density at radius 1 is 0.554 bits per heavy atom. The molecule has 74 heavy (non-hydrogen) atoms. The minimum atomic E-state index is -4.70. The third-order valence-electron chi connectivity index (χ3n) is 16.8. The Hall–Kier alpha value is -5.68. The zero-order valence-corrected chi connectivity index (χ0v) is 39.7. The number of anilines is 4. The number of halogens is 15. The molecular formula is C52H41B4F15N2O. The lowest BCUT2D eigenvalue weighted by atomic mass is 9.31. The van der Waals surface area contributed by atoms with Crippen LogP contribution in [0, 0.1) is 29.1 Å². The zero-order chi connectivity index (χ0) is 52.9. The number of carbonyl (C=O) groups excluding carboxylic acids is 1. The summed E-state index contributed by atoms with van der Waals surface area (Å²) in [5.41, 5.74) is -3.13. The Balaban J connectivity index is 1.35. The fourth-order valence-electron chi connectivity index (χ4n) is 13.2. The highest BCUT2D eigenvalue weighted by atomic mass is 19.4. The summed E-state index contributed by atoms with van der Waals surface area (Å²) in [7, 11) is 3.77. The summed E-state index contributed by atoms with van der Waals surface area (Å²) in [6.07, 6.45) is -10.6. The van der Waals surface area contributed by atoms with Crippen molar-refractivity contribution in [3.05, 3.63) is 123 Å². The number of alkyl halides is 7. The third kappa shape index (κ3) is 7.65. The molecule has 22 heteroatoms. The van der Waals surface area contributed by atoms with E-state index in [4.69, 9.17) is 0 Å². The van der Waals surface area contributed by atoms with Crippen molar-refractivity contribution in [2.24, 2.45) is 0 Å². The molecule has 5 aromatic carbocycles. The second-order valence-electron chi connectivity index (χ2n) is 21.3. The average molecular weight is 1040 g/mol. The summed E-state index contributed by atoms with van der Waals surface area (Å²) < 4.78 is 227.